The van der Waals surface area contributed by atoms with Gasteiger partial charge in [-0.3, -0.25) is 4.79 Å². The van der Waals surface area contributed by atoms with Crippen molar-refractivity contribution in [3.8, 4) is 17.5 Å². The fourth-order valence-corrected chi connectivity index (χ4v) is 1.84. The molecule has 4 nitrogen and oxygen atoms in total. The standard InChI is InChI=1S/C15H15N3O/c1-4-5-12-6-7-14(11(2)10-12)18-9-8-13(17-18)15(19)16-3/h6-10H,1-3H3,(H,16,19). The van der Waals surface area contributed by atoms with Crippen molar-refractivity contribution >= 4 is 5.91 Å². The summed E-state index contributed by atoms with van der Waals surface area (Å²) < 4.78 is 1.70. The Balaban J connectivity index is 2.38. The first-order valence-electron chi connectivity index (χ1n) is 5.97. The summed E-state index contributed by atoms with van der Waals surface area (Å²) in [6, 6.07) is 7.60. The van der Waals surface area contributed by atoms with Crippen molar-refractivity contribution in [3.05, 3.63) is 47.3 Å². The average Bonchev–Trinajstić information content (AvgIpc) is 2.88. The van der Waals surface area contributed by atoms with Crippen molar-refractivity contribution in [2.24, 2.45) is 0 Å². The number of rotatable bonds is 2. The summed E-state index contributed by atoms with van der Waals surface area (Å²) >= 11 is 0. The molecule has 1 aromatic heterocycles. The van der Waals surface area contributed by atoms with Gasteiger partial charge < -0.3 is 5.32 Å². The molecule has 1 N–H and O–H groups in total. The summed E-state index contributed by atoms with van der Waals surface area (Å²) in [6.07, 6.45) is 1.78. The van der Waals surface area contributed by atoms with Crippen LogP contribution in [0, 0.1) is 18.8 Å². The molecule has 1 aromatic carbocycles. The zero-order valence-corrected chi connectivity index (χ0v) is 11.2. The van der Waals surface area contributed by atoms with Gasteiger partial charge in [0.1, 0.15) is 0 Å². The monoisotopic (exact) mass is 253 g/mol. The molecule has 0 saturated carbocycles. The number of aromatic nitrogens is 2. The zero-order valence-electron chi connectivity index (χ0n) is 11.2. The molecule has 96 valence electrons. The smallest absolute Gasteiger partial charge is 0.271 e. The van der Waals surface area contributed by atoms with Crippen molar-refractivity contribution in [2.75, 3.05) is 7.05 Å². The number of amides is 1. The second-order valence-electron chi connectivity index (χ2n) is 4.10. The van der Waals surface area contributed by atoms with Gasteiger partial charge in [0.25, 0.3) is 5.91 Å². The van der Waals surface area contributed by atoms with Crippen molar-refractivity contribution < 1.29 is 4.79 Å². The van der Waals surface area contributed by atoms with Crippen molar-refractivity contribution in [1.82, 2.24) is 15.1 Å². The van der Waals surface area contributed by atoms with Gasteiger partial charge in [0, 0.05) is 18.8 Å². The van der Waals surface area contributed by atoms with Crippen LogP contribution in [0.4, 0.5) is 0 Å². The van der Waals surface area contributed by atoms with Gasteiger partial charge in [0.05, 0.1) is 5.69 Å². The van der Waals surface area contributed by atoms with E-state index in [2.05, 4.69) is 22.3 Å². The van der Waals surface area contributed by atoms with E-state index in [1.54, 1.807) is 24.0 Å². The molecule has 1 heterocycles. The Bertz CT molecular complexity index is 674. The lowest BCUT2D eigenvalue weighted by atomic mass is 10.1. The number of aryl methyl sites for hydroxylation is 1. The molecule has 0 aliphatic rings. The van der Waals surface area contributed by atoms with Crippen molar-refractivity contribution in [3.63, 3.8) is 0 Å². The Labute approximate surface area is 112 Å². The maximum atomic E-state index is 11.5. The third-order valence-electron chi connectivity index (χ3n) is 2.76. The van der Waals surface area contributed by atoms with E-state index in [9.17, 15) is 4.79 Å². The van der Waals surface area contributed by atoms with Crippen LogP contribution in [0.2, 0.25) is 0 Å². The van der Waals surface area contributed by atoms with Gasteiger partial charge in [0.2, 0.25) is 0 Å². The Morgan fingerprint density at radius 1 is 1.37 bits per heavy atom. The second kappa shape index (κ2) is 5.40. The minimum atomic E-state index is -0.190. The summed E-state index contributed by atoms with van der Waals surface area (Å²) in [5.74, 6) is 5.70. The summed E-state index contributed by atoms with van der Waals surface area (Å²) in [7, 11) is 1.59. The van der Waals surface area contributed by atoms with Crippen LogP contribution in [0.1, 0.15) is 28.5 Å². The molecule has 0 bridgehead atoms. The molecule has 2 aromatic rings. The molecule has 19 heavy (non-hydrogen) atoms. The molecule has 2 rings (SSSR count). The highest BCUT2D eigenvalue weighted by molar-refractivity contribution is 5.91. The Kier molecular flexibility index (Phi) is 3.67. The van der Waals surface area contributed by atoms with Gasteiger partial charge in [-0.25, -0.2) is 4.68 Å². The van der Waals surface area contributed by atoms with Crippen LogP contribution in [0.25, 0.3) is 5.69 Å². The number of carbonyl (C=O) groups excluding carboxylic acids is 1. The lowest BCUT2D eigenvalue weighted by Crippen LogP contribution is -2.18. The molecule has 0 aliphatic heterocycles. The van der Waals surface area contributed by atoms with Gasteiger partial charge in [-0.2, -0.15) is 5.10 Å². The maximum absolute atomic E-state index is 11.5. The molecule has 0 spiro atoms. The van der Waals surface area contributed by atoms with E-state index in [-0.39, 0.29) is 5.91 Å². The van der Waals surface area contributed by atoms with E-state index in [1.165, 1.54) is 0 Å². The highest BCUT2D eigenvalue weighted by Gasteiger charge is 2.09. The van der Waals surface area contributed by atoms with E-state index >= 15 is 0 Å². The van der Waals surface area contributed by atoms with Crippen LogP contribution in [0.3, 0.4) is 0 Å². The van der Waals surface area contributed by atoms with Gasteiger partial charge in [-0.15, -0.1) is 5.92 Å². The lowest BCUT2D eigenvalue weighted by molar-refractivity contribution is 0.0957. The topological polar surface area (TPSA) is 46.9 Å². The Hall–Kier alpha value is -2.54. The number of benzene rings is 1. The lowest BCUT2D eigenvalue weighted by Gasteiger charge is -2.06. The fourth-order valence-electron chi connectivity index (χ4n) is 1.84. The van der Waals surface area contributed by atoms with Crippen LogP contribution in [-0.2, 0) is 0 Å². The number of nitrogens with one attached hydrogen (secondary N) is 1. The summed E-state index contributed by atoms with van der Waals surface area (Å²) in [5.41, 5.74) is 3.38. The van der Waals surface area contributed by atoms with E-state index in [4.69, 9.17) is 0 Å². The normalized spacial score (nSPS) is 9.63. The molecule has 0 saturated heterocycles. The van der Waals surface area contributed by atoms with E-state index in [1.807, 2.05) is 32.0 Å². The van der Waals surface area contributed by atoms with Gasteiger partial charge in [0.15, 0.2) is 5.69 Å². The predicted molar refractivity (Wildman–Crippen MR) is 74.2 cm³/mol. The quantitative estimate of drug-likeness (QED) is 0.831. The van der Waals surface area contributed by atoms with Gasteiger partial charge in [-0.1, -0.05) is 5.92 Å². The number of nitrogens with zero attached hydrogens (tertiary/aromatic N) is 2. The van der Waals surface area contributed by atoms with Gasteiger partial charge >= 0.3 is 0 Å². The van der Waals surface area contributed by atoms with Crippen molar-refractivity contribution in [1.29, 1.82) is 0 Å². The third-order valence-corrected chi connectivity index (χ3v) is 2.76. The first kappa shape index (κ1) is 12.9. The van der Waals surface area contributed by atoms with E-state index in [0.717, 1.165) is 16.8 Å². The first-order chi connectivity index (χ1) is 9.15. The van der Waals surface area contributed by atoms with Crippen LogP contribution in [-0.4, -0.2) is 22.7 Å². The van der Waals surface area contributed by atoms with Crippen LogP contribution in [0.15, 0.2) is 30.5 Å². The number of carbonyl (C=O) groups is 1. The predicted octanol–water partition coefficient (Wildman–Crippen LogP) is 1.91. The Morgan fingerprint density at radius 3 is 2.79 bits per heavy atom. The van der Waals surface area contributed by atoms with Crippen molar-refractivity contribution in [2.45, 2.75) is 13.8 Å². The molecule has 0 unspecified atom stereocenters. The molecule has 1 amide bonds. The fraction of sp³-hybridized carbons (Fsp3) is 0.200. The molecule has 0 radical (unpaired) electrons. The molecule has 0 fully saturated rings. The SMILES string of the molecule is CC#Cc1ccc(-n2ccc(C(=O)NC)n2)c(C)c1. The third kappa shape index (κ3) is 2.66. The van der Waals surface area contributed by atoms with Crippen LogP contribution < -0.4 is 5.32 Å². The summed E-state index contributed by atoms with van der Waals surface area (Å²) in [6.45, 7) is 3.81. The molecular weight excluding hydrogens is 238 g/mol. The highest BCUT2D eigenvalue weighted by atomic mass is 16.1. The molecular formula is C15H15N3O. The maximum Gasteiger partial charge on any atom is 0.271 e. The molecule has 0 aliphatic carbocycles. The van der Waals surface area contributed by atoms with Crippen LogP contribution >= 0.6 is 0 Å². The van der Waals surface area contributed by atoms with Gasteiger partial charge in [-0.05, 0) is 43.7 Å². The summed E-state index contributed by atoms with van der Waals surface area (Å²) in [4.78, 5) is 11.5. The largest absolute Gasteiger partial charge is 0.354 e. The van der Waals surface area contributed by atoms with E-state index in [0.29, 0.717) is 5.69 Å². The second-order valence-corrected chi connectivity index (χ2v) is 4.10. The number of hydrogen-bond acceptors (Lipinski definition) is 2. The van der Waals surface area contributed by atoms with Crippen LogP contribution in [0.5, 0.6) is 0 Å². The molecule has 4 heteroatoms. The zero-order chi connectivity index (χ0) is 13.8. The first-order valence-corrected chi connectivity index (χ1v) is 5.97. The number of hydrogen-bond donors (Lipinski definition) is 1. The minimum Gasteiger partial charge on any atom is -0.354 e. The Morgan fingerprint density at radius 2 is 2.16 bits per heavy atom. The minimum absolute atomic E-state index is 0.190. The summed E-state index contributed by atoms with van der Waals surface area (Å²) in [5, 5.41) is 6.81. The average molecular weight is 253 g/mol. The molecule has 0 atom stereocenters. The van der Waals surface area contributed by atoms with E-state index < -0.39 is 0 Å². The highest BCUT2D eigenvalue weighted by Crippen LogP contribution is 2.15.